The van der Waals surface area contributed by atoms with E-state index in [2.05, 4.69) is 10.2 Å². The Kier molecular flexibility index (Phi) is 3.83. The zero-order valence-corrected chi connectivity index (χ0v) is 12.4. The maximum atomic E-state index is 5.34. The monoisotopic (exact) mass is 297 g/mol. The van der Waals surface area contributed by atoms with Crippen LogP contribution in [0.1, 0.15) is 11.4 Å². The molecule has 0 aliphatic heterocycles. The Morgan fingerprint density at radius 2 is 1.81 bits per heavy atom. The van der Waals surface area contributed by atoms with Gasteiger partial charge in [0, 0.05) is 12.1 Å². The molecule has 106 valence electrons. The highest BCUT2D eigenvalue weighted by molar-refractivity contribution is 7.71. The number of ether oxygens (including phenoxy) is 1. The molecule has 4 nitrogen and oxygen atoms in total. The quantitative estimate of drug-likeness (QED) is 0.749. The number of H-pyrrole nitrogens is 1. The Bertz CT molecular complexity index is 775. The summed E-state index contributed by atoms with van der Waals surface area (Å²) in [7, 11) is 1.66. The van der Waals surface area contributed by atoms with Crippen molar-refractivity contribution in [2.45, 2.75) is 6.42 Å². The first-order valence-electron chi connectivity index (χ1n) is 6.62. The Hall–Kier alpha value is -2.40. The van der Waals surface area contributed by atoms with Gasteiger partial charge in [-0.05, 0) is 42.0 Å². The largest absolute Gasteiger partial charge is 0.497 e. The fourth-order valence-electron chi connectivity index (χ4n) is 2.22. The summed E-state index contributed by atoms with van der Waals surface area (Å²) in [6, 6.07) is 18.0. The number of nitrogens with one attached hydrogen (secondary N) is 1. The van der Waals surface area contributed by atoms with Gasteiger partial charge in [-0.1, -0.05) is 30.3 Å². The van der Waals surface area contributed by atoms with Gasteiger partial charge in [0.25, 0.3) is 0 Å². The molecule has 0 fully saturated rings. The van der Waals surface area contributed by atoms with Gasteiger partial charge in [0.05, 0.1) is 7.11 Å². The maximum Gasteiger partial charge on any atom is 0.199 e. The highest BCUT2D eigenvalue weighted by Gasteiger charge is 2.09. The normalized spacial score (nSPS) is 10.5. The maximum absolute atomic E-state index is 5.34. The molecule has 0 atom stereocenters. The number of hydrogen-bond donors (Lipinski definition) is 1. The molecule has 1 N–H and O–H groups in total. The van der Waals surface area contributed by atoms with E-state index in [0.29, 0.717) is 11.2 Å². The van der Waals surface area contributed by atoms with Crippen LogP contribution in [0.15, 0.2) is 54.6 Å². The van der Waals surface area contributed by atoms with Gasteiger partial charge >= 0.3 is 0 Å². The predicted molar refractivity (Wildman–Crippen MR) is 84.5 cm³/mol. The minimum Gasteiger partial charge on any atom is -0.497 e. The smallest absolute Gasteiger partial charge is 0.199 e. The van der Waals surface area contributed by atoms with Gasteiger partial charge in [0.1, 0.15) is 11.6 Å². The summed E-state index contributed by atoms with van der Waals surface area (Å²) in [4.78, 5) is 0. The van der Waals surface area contributed by atoms with Crippen LogP contribution in [0.25, 0.3) is 5.69 Å². The number of aromatic amines is 1. The third-order valence-corrected chi connectivity index (χ3v) is 3.55. The number of para-hydroxylation sites is 1. The molecule has 5 heteroatoms. The molecular formula is C16H15N3OS. The molecule has 1 aromatic heterocycles. The summed E-state index contributed by atoms with van der Waals surface area (Å²) in [5, 5.41) is 7.21. The average Bonchev–Trinajstić information content (AvgIpc) is 2.89. The zero-order chi connectivity index (χ0) is 14.7. The summed E-state index contributed by atoms with van der Waals surface area (Å²) in [6.45, 7) is 0. The summed E-state index contributed by atoms with van der Waals surface area (Å²) < 4.78 is 7.73. The van der Waals surface area contributed by atoms with Crippen LogP contribution in [0.3, 0.4) is 0 Å². The lowest BCUT2D eigenvalue weighted by atomic mass is 10.1. The van der Waals surface area contributed by atoms with Gasteiger partial charge < -0.3 is 4.74 Å². The molecule has 1 heterocycles. The van der Waals surface area contributed by atoms with E-state index in [4.69, 9.17) is 17.0 Å². The Morgan fingerprint density at radius 1 is 1.10 bits per heavy atom. The fourth-order valence-corrected chi connectivity index (χ4v) is 2.47. The topological polar surface area (TPSA) is 42.8 Å². The van der Waals surface area contributed by atoms with Crippen molar-refractivity contribution in [3.63, 3.8) is 0 Å². The second-order valence-corrected chi connectivity index (χ2v) is 5.03. The van der Waals surface area contributed by atoms with Crippen LogP contribution in [0, 0.1) is 4.77 Å². The molecule has 2 aromatic carbocycles. The molecule has 3 rings (SSSR count). The summed E-state index contributed by atoms with van der Waals surface area (Å²) in [6.07, 6.45) is 0.700. The second kappa shape index (κ2) is 5.93. The van der Waals surface area contributed by atoms with E-state index in [-0.39, 0.29) is 0 Å². The van der Waals surface area contributed by atoms with Crippen molar-refractivity contribution in [3.05, 3.63) is 70.8 Å². The molecule has 0 aliphatic rings. The van der Waals surface area contributed by atoms with Crippen LogP contribution in [-0.2, 0) is 6.42 Å². The first kappa shape index (κ1) is 13.6. The van der Waals surface area contributed by atoms with Crippen LogP contribution < -0.4 is 4.74 Å². The minimum atomic E-state index is 0.602. The van der Waals surface area contributed by atoms with Crippen molar-refractivity contribution >= 4 is 12.2 Å². The molecule has 3 aromatic rings. The van der Waals surface area contributed by atoms with Crippen molar-refractivity contribution in [2.24, 2.45) is 0 Å². The molecule has 0 bridgehead atoms. The molecule has 21 heavy (non-hydrogen) atoms. The van der Waals surface area contributed by atoms with Crippen molar-refractivity contribution < 1.29 is 4.74 Å². The molecule has 0 spiro atoms. The SMILES string of the molecule is COc1ccc(Cc2n[nH]c(=S)n2-c2ccccc2)cc1. The molecule has 0 saturated heterocycles. The van der Waals surface area contributed by atoms with Gasteiger partial charge in [-0.3, -0.25) is 9.67 Å². The Morgan fingerprint density at radius 3 is 2.48 bits per heavy atom. The molecule has 0 amide bonds. The summed E-state index contributed by atoms with van der Waals surface area (Å²) in [5.41, 5.74) is 2.17. The van der Waals surface area contributed by atoms with E-state index < -0.39 is 0 Å². The van der Waals surface area contributed by atoms with Gasteiger partial charge in [-0.25, -0.2) is 0 Å². The second-order valence-electron chi connectivity index (χ2n) is 4.64. The fraction of sp³-hybridized carbons (Fsp3) is 0.125. The van der Waals surface area contributed by atoms with Crippen LogP contribution in [-0.4, -0.2) is 21.9 Å². The molecule has 0 radical (unpaired) electrons. The number of rotatable bonds is 4. The molecular weight excluding hydrogens is 282 g/mol. The lowest BCUT2D eigenvalue weighted by Crippen LogP contribution is -2.02. The third-order valence-electron chi connectivity index (χ3n) is 3.28. The van der Waals surface area contributed by atoms with Crippen LogP contribution >= 0.6 is 12.2 Å². The first-order chi connectivity index (χ1) is 10.3. The number of methoxy groups -OCH3 is 1. The van der Waals surface area contributed by atoms with E-state index in [0.717, 1.165) is 22.8 Å². The number of hydrogen-bond acceptors (Lipinski definition) is 3. The number of nitrogens with zero attached hydrogens (tertiary/aromatic N) is 2. The molecule has 0 unspecified atom stereocenters. The lowest BCUT2D eigenvalue weighted by molar-refractivity contribution is 0.414. The van der Waals surface area contributed by atoms with E-state index in [9.17, 15) is 0 Å². The molecule has 0 aliphatic carbocycles. The summed E-state index contributed by atoms with van der Waals surface area (Å²) >= 11 is 5.34. The third kappa shape index (κ3) is 2.87. The minimum absolute atomic E-state index is 0.602. The highest BCUT2D eigenvalue weighted by Crippen LogP contribution is 2.16. The lowest BCUT2D eigenvalue weighted by Gasteiger charge is -2.07. The van der Waals surface area contributed by atoms with E-state index in [1.54, 1.807) is 7.11 Å². The highest BCUT2D eigenvalue weighted by atomic mass is 32.1. The number of aromatic nitrogens is 3. The standard InChI is InChI=1S/C16H15N3OS/c1-20-14-9-7-12(8-10-14)11-15-17-18-16(21)19(15)13-5-3-2-4-6-13/h2-10H,11H2,1H3,(H,18,21). The van der Waals surface area contributed by atoms with Crippen molar-refractivity contribution in [1.29, 1.82) is 0 Å². The van der Waals surface area contributed by atoms with E-state index >= 15 is 0 Å². The zero-order valence-electron chi connectivity index (χ0n) is 11.6. The van der Waals surface area contributed by atoms with Crippen molar-refractivity contribution in [2.75, 3.05) is 7.11 Å². The van der Waals surface area contributed by atoms with E-state index in [1.165, 1.54) is 0 Å². The summed E-state index contributed by atoms with van der Waals surface area (Å²) in [5.74, 6) is 1.73. The van der Waals surface area contributed by atoms with Gasteiger partial charge in [-0.15, -0.1) is 0 Å². The Balaban J connectivity index is 1.94. The van der Waals surface area contributed by atoms with E-state index in [1.807, 2.05) is 59.2 Å². The van der Waals surface area contributed by atoms with Crippen molar-refractivity contribution in [1.82, 2.24) is 14.8 Å². The van der Waals surface area contributed by atoms with Gasteiger partial charge in [0.2, 0.25) is 0 Å². The predicted octanol–water partition coefficient (Wildman–Crippen LogP) is 3.53. The first-order valence-corrected chi connectivity index (χ1v) is 7.03. The van der Waals surface area contributed by atoms with Crippen LogP contribution in [0.5, 0.6) is 5.75 Å². The molecule has 0 saturated carbocycles. The average molecular weight is 297 g/mol. The van der Waals surface area contributed by atoms with Gasteiger partial charge in [0.15, 0.2) is 4.77 Å². The Labute approximate surface area is 128 Å². The number of benzene rings is 2. The van der Waals surface area contributed by atoms with Gasteiger partial charge in [-0.2, -0.15) is 5.10 Å². The van der Waals surface area contributed by atoms with Crippen LogP contribution in [0.2, 0.25) is 0 Å². The van der Waals surface area contributed by atoms with Crippen LogP contribution in [0.4, 0.5) is 0 Å². The van der Waals surface area contributed by atoms with Crippen molar-refractivity contribution in [3.8, 4) is 11.4 Å².